The van der Waals surface area contributed by atoms with Gasteiger partial charge in [0.15, 0.2) is 0 Å². The molecule has 3 aliphatic rings. The van der Waals surface area contributed by atoms with Gasteiger partial charge in [-0.3, -0.25) is 14.8 Å². The lowest BCUT2D eigenvalue weighted by Gasteiger charge is -2.27. The Balaban J connectivity index is 1.15. The van der Waals surface area contributed by atoms with E-state index in [2.05, 4.69) is 25.2 Å². The van der Waals surface area contributed by atoms with E-state index in [1.165, 1.54) is 12.1 Å². The number of morpholine rings is 1. The van der Waals surface area contributed by atoms with E-state index in [4.69, 9.17) is 4.74 Å². The molecule has 200 valence electrons. The van der Waals surface area contributed by atoms with Crippen LogP contribution in [0, 0.1) is 11.6 Å². The third-order valence-corrected chi connectivity index (χ3v) is 7.34. The van der Waals surface area contributed by atoms with E-state index >= 15 is 8.78 Å². The van der Waals surface area contributed by atoms with Crippen LogP contribution in [-0.2, 0) is 24.2 Å². The molecule has 0 spiro atoms. The zero-order valence-corrected chi connectivity index (χ0v) is 21.1. The Morgan fingerprint density at radius 1 is 0.974 bits per heavy atom. The molecule has 1 atom stereocenters. The number of nitrogens with zero attached hydrogens (tertiary/aromatic N) is 6. The molecule has 0 amide bonds. The van der Waals surface area contributed by atoms with Gasteiger partial charge in [0.25, 0.3) is 0 Å². The number of fused-ring (bicyclic) bond motifs is 1. The van der Waals surface area contributed by atoms with E-state index in [9.17, 15) is 5.11 Å². The zero-order valence-electron chi connectivity index (χ0n) is 21.1. The summed E-state index contributed by atoms with van der Waals surface area (Å²) in [7, 11) is 0. The minimum Gasteiger partial charge on any atom is -0.392 e. The summed E-state index contributed by atoms with van der Waals surface area (Å²) in [6.07, 6.45) is 4.72. The van der Waals surface area contributed by atoms with Gasteiger partial charge < -0.3 is 20.1 Å². The summed E-state index contributed by atoms with van der Waals surface area (Å²) >= 11 is 0. The predicted octanol–water partition coefficient (Wildman–Crippen LogP) is 2.99. The van der Waals surface area contributed by atoms with Gasteiger partial charge in [-0.05, 0) is 37.1 Å². The van der Waals surface area contributed by atoms with Crippen molar-refractivity contribution >= 4 is 23.1 Å². The molecular formula is C27H31F2N7O2. The molecule has 2 N–H and O–H groups in total. The summed E-state index contributed by atoms with van der Waals surface area (Å²) in [5.74, 6) is -0.0824. The Bertz CT molecular complexity index is 1260. The second kappa shape index (κ2) is 10.9. The average Bonchev–Trinajstić information content (AvgIpc) is 3.53. The molecule has 0 bridgehead atoms. The number of anilines is 4. The predicted molar refractivity (Wildman–Crippen MR) is 139 cm³/mol. The van der Waals surface area contributed by atoms with Crippen LogP contribution >= 0.6 is 0 Å². The molecule has 0 saturated carbocycles. The van der Waals surface area contributed by atoms with E-state index in [0.717, 1.165) is 29.9 Å². The van der Waals surface area contributed by atoms with Gasteiger partial charge in [-0.25, -0.2) is 13.8 Å². The van der Waals surface area contributed by atoms with E-state index in [0.29, 0.717) is 69.8 Å². The summed E-state index contributed by atoms with van der Waals surface area (Å²) < 4.78 is 35.4. The number of likely N-dealkylation sites (tertiary alicyclic amines) is 1. The molecule has 5 heterocycles. The van der Waals surface area contributed by atoms with Crippen molar-refractivity contribution in [3.63, 3.8) is 0 Å². The molecular weight excluding hydrogens is 492 g/mol. The largest absolute Gasteiger partial charge is 0.392 e. The molecule has 3 aliphatic heterocycles. The van der Waals surface area contributed by atoms with Gasteiger partial charge in [0, 0.05) is 68.8 Å². The standard InChI is InChI=1S/C27H31F2N7O2/c28-24-11-21(12-25(29)23(24)17-34-7-9-38-10-8-34)36-6-3-18-13-31-27(33-26(18)36)32-19-1-2-20(30-14-19)15-35-5-4-22(37)16-35/h1-2,11-14,22,37H,3-10,15-17H2,(H,31,32,33). The number of hydrogen-bond donors (Lipinski definition) is 2. The molecule has 9 nitrogen and oxygen atoms in total. The molecule has 0 aliphatic carbocycles. The molecule has 1 aromatic carbocycles. The number of ether oxygens (including phenoxy) is 1. The fourth-order valence-electron chi connectivity index (χ4n) is 5.24. The summed E-state index contributed by atoms with van der Waals surface area (Å²) in [6.45, 7) is 5.49. The fourth-order valence-corrected chi connectivity index (χ4v) is 5.24. The van der Waals surface area contributed by atoms with Crippen molar-refractivity contribution in [2.24, 2.45) is 0 Å². The number of aliphatic hydroxyl groups excluding tert-OH is 1. The van der Waals surface area contributed by atoms with Crippen molar-refractivity contribution < 1.29 is 18.6 Å². The van der Waals surface area contributed by atoms with Gasteiger partial charge in [-0.1, -0.05) is 0 Å². The summed E-state index contributed by atoms with van der Waals surface area (Å²) in [6, 6.07) is 6.65. The highest BCUT2D eigenvalue weighted by Gasteiger charge is 2.26. The van der Waals surface area contributed by atoms with Crippen LogP contribution in [-0.4, -0.2) is 81.9 Å². The van der Waals surface area contributed by atoms with Crippen molar-refractivity contribution in [3.05, 3.63) is 65.1 Å². The van der Waals surface area contributed by atoms with Crippen molar-refractivity contribution in [1.29, 1.82) is 0 Å². The van der Waals surface area contributed by atoms with Crippen molar-refractivity contribution in [2.75, 3.05) is 56.2 Å². The first kappa shape index (κ1) is 25.1. The normalized spacial score (nSPS) is 20.2. The molecule has 3 aromatic rings. The minimum absolute atomic E-state index is 0.0805. The number of hydrogen-bond acceptors (Lipinski definition) is 9. The zero-order chi connectivity index (χ0) is 26.1. The quantitative estimate of drug-likeness (QED) is 0.485. The molecule has 0 radical (unpaired) electrons. The monoisotopic (exact) mass is 523 g/mol. The lowest BCUT2D eigenvalue weighted by atomic mass is 10.1. The molecule has 1 unspecified atom stereocenters. The van der Waals surface area contributed by atoms with E-state index in [1.54, 1.807) is 12.4 Å². The first-order valence-corrected chi connectivity index (χ1v) is 13.1. The molecule has 2 saturated heterocycles. The Kier molecular flexibility index (Phi) is 7.16. The number of nitrogens with one attached hydrogen (secondary N) is 1. The van der Waals surface area contributed by atoms with E-state index in [-0.39, 0.29) is 18.2 Å². The highest BCUT2D eigenvalue weighted by Crippen LogP contribution is 2.35. The number of pyridine rings is 1. The molecule has 11 heteroatoms. The maximum Gasteiger partial charge on any atom is 0.229 e. The van der Waals surface area contributed by atoms with Crippen LogP contribution in [0.1, 0.15) is 23.2 Å². The molecule has 6 rings (SSSR count). The van der Waals surface area contributed by atoms with Crippen LogP contribution < -0.4 is 10.2 Å². The smallest absolute Gasteiger partial charge is 0.229 e. The minimum atomic E-state index is -0.554. The van der Waals surface area contributed by atoms with Crippen molar-refractivity contribution in [2.45, 2.75) is 32.0 Å². The highest BCUT2D eigenvalue weighted by atomic mass is 19.1. The third-order valence-electron chi connectivity index (χ3n) is 7.34. The van der Waals surface area contributed by atoms with Crippen LogP contribution in [0.25, 0.3) is 0 Å². The van der Waals surface area contributed by atoms with Crippen LogP contribution in [0.15, 0.2) is 36.7 Å². The fraction of sp³-hybridized carbons (Fsp3) is 0.444. The maximum absolute atomic E-state index is 15.0. The molecule has 38 heavy (non-hydrogen) atoms. The highest BCUT2D eigenvalue weighted by molar-refractivity contribution is 5.68. The van der Waals surface area contributed by atoms with Gasteiger partial charge >= 0.3 is 0 Å². The number of aliphatic hydroxyl groups is 1. The van der Waals surface area contributed by atoms with Crippen molar-refractivity contribution in [3.8, 4) is 0 Å². The average molecular weight is 524 g/mol. The maximum atomic E-state index is 15.0. The number of aromatic nitrogens is 3. The van der Waals surface area contributed by atoms with E-state index in [1.807, 2.05) is 21.9 Å². The number of β-amino-alcohol motifs (C(OH)–C–C–N with tert-alkyl or cyclic N) is 1. The second-order valence-electron chi connectivity index (χ2n) is 10.1. The topological polar surface area (TPSA) is 89.9 Å². The third kappa shape index (κ3) is 5.46. The van der Waals surface area contributed by atoms with Gasteiger partial charge in [0.2, 0.25) is 5.95 Å². The number of halogens is 2. The Hall–Kier alpha value is -3.25. The van der Waals surface area contributed by atoms with Crippen molar-refractivity contribution in [1.82, 2.24) is 24.8 Å². The first-order chi connectivity index (χ1) is 18.5. The lowest BCUT2D eigenvalue weighted by molar-refractivity contribution is 0.0332. The Labute approximate surface area is 220 Å². The SMILES string of the molecule is OC1CCN(Cc2ccc(Nc3ncc4c(n3)N(c3cc(F)c(CN5CCOCC5)c(F)c3)CC4)cn2)C1. The summed E-state index contributed by atoms with van der Waals surface area (Å²) in [5, 5.41) is 12.9. The van der Waals surface area contributed by atoms with Crippen LogP contribution in [0.2, 0.25) is 0 Å². The van der Waals surface area contributed by atoms with Crippen LogP contribution in [0.5, 0.6) is 0 Å². The molecule has 2 fully saturated rings. The number of rotatable bonds is 7. The number of benzene rings is 1. The molecule has 2 aromatic heterocycles. The van der Waals surface area contributed by atoms with E-state index < -0.39 is 11.6 Å². The van der Waals surface area contributed by atoms with Crippen LogP contribution in [0.4, 0.5) is 31.9 Å². The first-order valence-electron chi connectivity index (χ1n) is 13.1. The van der Waals surface area contributed by atoms with Gasteiger partial charge in [-0.2, -0.15) is 4.98 Å². The summed E-state index contributed by atoms with van der Waals surface area (Å²) in [5.41, 5.74) is 3.11. The van der Waals surface area contributed by atoms with Gasteiger partial charge in [0.05, 0.1) is 36.9 Å². The Morgan fingerprint density at radius 3 is 2.50 bits per heavy atom. The van der Waals surface area contributed by atoms with Gasteiger partial charge in [0.1, 0.15) is 17.5 Å². The summed E-state index contributed by atoms with van der Waals surface area (Å²) in [4.78, 5) is 19.6. The van der Waals surface area contributed by atoms with Crippen LogP contribution in [0.3, 0.4) is 0 Å². The Morgan fingerprint density at radius 2 is 1.79 bits per heavy atom. The second-order valence-corrected chi connectivity index (χ2v) is 10.1. The lowest BCUT2D eigenvalue weighted by Crippen LogP contribution is -2.36. The van der Waals surface area contributed by atoms with Gasteiger partial charge in [-0.15, -0.1) is 0 Å².